The van der Waals surface area contributed by atoms with Crippen LogP contribution in [0.2, 0.25) is 0 Å². The van der Waals surface area contributed by atoms with E-state index in [1.807, 2.05) is 43.3 Å². The fraction of sp³-hybridized carbons (Fsp3) is 0.208. The van der Waals surface area contributed by atoms with Gasteiger partial charge in [-0.2, -0.15) is 0 Å². The molecule has 0 saturated carbocycles. The quantitative estimate of drug-likeness (QED) is 0.522. The average Bonchev–Trinajstić information content (AvgIpc) is 2.74. The van der Waals surface area contributed by atoms with Gasteiger partial charge in [0.25, 0.3) is 15.9 Å². The predicted octanol–water partition coefficient (Wildman–Crippen LogP) is 4.94. The van der Waals surface area contributed by atoms with E-state index in [0.717, 1.165) is 5.56 Å². The maximum Gasteiger partial charge on any atom is 0.262 e. The Hall–Kier alpha value is -3.32. The van der Waals surface area contributed by atoms with Crippen LogP contribution in [0.15, 0.2) is 77.7 Å². The van der Waals surface area contributed by atoms with Gasteiger partial charge in [0.05, 0.1) is 4.90 Å². The summed E-state index contributed by atoms with van der Waals surface area (Å²) in [6, 6.07) is 20.7. The van der Waals surface area contributed by atoms with Crippen LogP contribution in [0.25, 0.3) is 0 Å². The fourth-order valence-electron chi connectivity index (χ4n) is 2.85. The molecule has 0 saturated heterocycles. The zero-order valence-corrected chi connectivity index (χ0v) is 18.6. The summed E-state index contributed by atoms with van der Waals surface area (Å²) in [6.07, 6.45) is 0. The molecule has 0 bridgehead atoms. The van der Waals surface area contributed by atoms with E-state index in [1.165, 1.54) is 17.7 Å². The number of hydrogen-bond acceptors (Lipinski definition) is 4. The third kappa shape index (κ3) is 6.33. The molecule has 3 aromatic rings. The first-order valence-electron chi connectivity index (χ1n) is 9.95. The summed E-state index contributed by atoms with van der Waals surface area (Å²) >= 11 is 0. The normalized spacial score (nSPS) is 11.2. The third-order valence-corrected chi connectivity index (χ3v) is 6.07. The van der Waals surface area contributed by atoms with Gasteiger partial charge in [0, 0.05) is 11.4 Å². The van der Waals surface area contributed by atoms with E-state index in [0.29, 0.717) is 23.0 Å². The lowest BCUT2D eigenvalue weighted by molar-refractivity contribution is -0.118. The van der Waals surface area contributed by atoms with Crippen molar-refractivity contribution >= 4 is 27.3 Å². The standard InChI is InChI=1S/C24H26N2O4S/c1-17(2)19-6-12-22(13-7-19)30-16-24(27)25-20-10-14-23(15-11-20)31(28,29)26-21-8-4-18(3)5-9-21/h4-15,17,26H,16H2,1-3H3,(H,25,27). The van der Waals surface area contributed by atoms with Crippen molar-refractivity contribution in [3.8, 4) is 5.75 Å². The van der Waals surface area contributed by atoms with Crippen LogP contribution >= 0.6 is 0 Å². The maximum absolute atomic E-state index is 12.5. The Kier molecular flexibility index (Phi) is 6.97. The highest BCUT2D eigenvalue weighted by Crippen LogP contribution is 2.20. The smallest absolute Gasteiger partial charge is 0.262 e. The first-order chi connectivity index (χ1) is 14.7. The minimum atomic E-state index is -3.71. The molecular formula is C24H26N2O4S. The monoisotopic (exact) mass is 438 g/mol. The van der Waals surface area contributed by atoms with Crippen molar-refractivity contribution in [1.29, 1.82) is 0 Å². The lowest BCUT2D eigenvalue weighted by atomic mass is 10.0. The van der Waals surface area contributed by atoms with Crippen LogP contribution in [-0.2, 0) is 14.8 Å². The second-order valence-electron chi connectivity index (χ2n) is 7.56. The molecular weight excluding hydrogens is 412 g/mol. The Balaban J connectivity index is 1.55. The van der Waals surface area contributed by atoms with Gasteiger partial charge < -0.3 is 10.1 Å². The number of amides is 1. The van der Waals surface area contributed by atoms with Crippen LogP contribution in [0.4, 0.5) is 11.4 Å². The summed E-state index contributed by atoms with van der Waals surface area (Å²) in [4.78, 5) is 12.2. The van der Waals surface area contributed by atoms with Crippen LogP contribution in [-0.4, -0.2) is 20.9 Å². The number of hydrogen-bond donors (Lipinski definition) is 2. The van der Waals surface area contributed by atoms with Crippen LogP contribution in [0, 0.1) is 6.92 Å². The molecule has 0 fully saturated rings. The topological polar surface area (TPSA) is 84.5 Å². The zero-order valence-electron chi connectivity index (χ0n) is 17.8. The summed E-state index contributed by atoms with van der Waals surface area (Å²) in [6.45, 7) is 6.01. The van der Waals surface area contributed by atoms with Gasteiger partial charge in [0.15, 0.2) is 6.61 Å². The molecule has 2 N–H and O–H groups in total. The van der Waals surface area contributed by atoms with Gasteiger partial charge >= 0.3 is 0 Å². The highest BCUT2D eigenvalue weighted by Gasteiger charge is 2.14. The number of nitrogens with one attached hydrogen (secondary N) is 2. The molecule has 0 spiro atoms. The lowest BCUT2D eigenvalue weighted by Crippen LogP contribution is -2.20. The van der Waals surface area contributed by atoms with E-state index in [2.05, 4.69) is 23.9 Å². The van der Waals surface area contributed by atoms with Crippen molar-refractivity contribution in [2.75, 3.05) is 16.6 Å². The Labute approximate surface area is 183 Å². The molecule has 0 unspecified atom stereocenters. The van der Waals surface area contributed by atoms with E-state index in [-0.39, 0.29) is 17.4 Å². The summed E-state index contributed by atoms with van der Waals surface area (Å²) in [5.74, 6) is 0.709. The lowest BCUT2D eigenvalue weighted by Gasteiger charge is -2.11. The van der Waals surface area contributed by atoms with Gasteiger partial charge in [-0.05, 0) is 66.9 Å². The van der Waals surface area contributed by atoms with Crippen molar-refractivity contribution in [3.05, 3.63) is 83.9 Å². The zero-order chi connectivity index (χ0) is 22.4. The van der Waals surface area contributed by atoms with Crippen LogP contribution in [0.1, 0.15) is 30.9 Å². The molecule has 31 heavy (non-hydrogen) atoms. The molecule has 0 aliphatic carbocycles. The molecule has 7 heteroatoms. The summed E-state index contributed by atoms with van der Waals surface area (Å²) < 4.78 is 33.1. The molecule has 3 rings (SSSR count). The molecule has 0 radical (unpaired) electrons. The summed E-state index contributed by atoms with van der Waals surface area (Å²) in [7, 11) is -3.71. The van der Waals surface area contributed by atoms with Gasteiger partial charge in [0.2, 0.25) is 0 Å². The molecule has 0 atom stereocenters. The summed E-state index contributed by atoms with van der Waals surface area (Å²) in [5, 5.41) is 2.70. The SMILES string of the molecule is Cc1ccc(NS(=O)(=O)c2ccc(NC(=O)COc3ccc(C(C)C)cc3)cc2)cc1. The highest BCUT2D eigenvalue weighted by atomic mass is 32.2. The van der Waals surface area contributed by atoms with Crippen LogP contribution in [0.3, 0.4) is 0 Å². The second kappa shape index (κ2) is 9.66. The number of sulfonamides is 1. The minimum Gasteiger partial charge on any atom is -0.484 e. The molecule has 3 aromatic carbocycles. The Morgan fingerprint density at radius 3 is 2.03 bits per heavy atom. The van der Waals surface area contributed by atoms with Crippen LogP contribution < -0.4 is 14.8 Å². The molecule has 0 aliphatic heterocycles. The molecule has 0 heterocycles. The molecule has 1 amide bonds. The largest absolute Gasteiger partial charge is 0.484 e. The van der Waals surface area contributed by atoms with E-state index >= 15 is 0 Å². The Morgan fingerprint density at radius 1 is 0.871 bits per heavy atom. The third-order valence-electron chi connectivity index (χ3n) is 4.67. The first-order valence-corrected chi connectivity index (χ1v) is 11.4. The number of rotatable bonds is 8. The summed E-state index contributed by atoms with van der Waals surface area (Å²) in [5.41, 5.74) is 3.21. The molecule has 162 valence electrons. The minimum absolute atomic E-state index is 0.104. The van der Waals surface area contributed by atoms with Gasteiger partial charge in [-0.15, -0.1) is 0 Å². The second-order valence-corrected chi connectivity index (χ2v) is 9.24. The number of aryl methyl sites for hydroxylation is 1. The van der Waals surface area contributed by atoms with Crippen molar-refractivity contribution in [1.82, 2.24) is 0 Å². The molecule has 0 aromatic heterocycles. The average molecular weight is 439 g/mol. The predicted molar refractivity (Wildman–Crippen MR) is 123 cm³/mol. The van der Waals surface area contributed by atoms with Crippen molar-refractivity contribution in [2.24, 2.45) is 0 Å². The van der Waals surface area contributed by atoms with Crippen molar-refractivity contribution < 1.29 is 17.9 Å². The van der Waals surface area contributed by atoms with E-state index in [4.69, 9.17) is 4.74 Å². The Bertz CT molecular complexity index is 1120. The van der Waals surface area contributed by atoms with Crippen molar-refractivity contribution in [2.45, 2.75) is 31.6 Å². The maximum atomic E-state index is 12.5. The van der Waals surface area contributed by atoms with Crippen molar-refractivity contribution in [3.63, 3.8) is 0 Å². The highest BCUT2D eigenvalue weighted by molar-refractivity contribution is 7.92. The van der Waals surface area contributed by atoms with Gasteiger partial charge in [-0.1, -0.05) is 43.7 Å². The number of carbonyl (C=O) groups is 1. The Morgan fingerprint density at radius 2 is 1.45 bits per heavy atom. The molecule has 6 nitrogen and oxygen atoms in total. The van der Waals surface area contributed by atoms with Gasteiger partial charge in [-0.25, -0.2) is 8.42 Å². The number of anilines is 2. The van der Waals surface area contributed by atoms with Gasteiger partial charge in [-0.3, -0.25) is 9.52 Å². The number of benzene rings is 3. The van der Waals surface area contributed by atoms with E-state index < -0.39 is 10.0 Å². The molecule has 0 aliphatic rings. The van der Waals surface area contributed by atoms with Gasteiger partial charge in [0.1, 0.15) is 5.75 Å². The fourth-order valence-corrected chi connectivity index (χ4v) is 3.91. The number of carbonyl (C=O) groups excluding carboxylic acids is 1. The first kappa shape index (κ1) is 22.4. The van der Waals surface area contributed by atoms with E-state index in [9.17, 15) is 13.2 Å². The van der Waals surface area contributed by atoms with Crippen LogP contribution in [0.5, 0.6) is 5.75 Å². The number of ether oxygens (including phenoxy) is 1. The van der Waals surface area contributed by atoms with E-state index in [1.54, 1.807) is 24.3 Å².